The molecule has 1 aliphatic heterocycles. The van der Waals surface area contributed by atoms with E-state index >= 15 is 0 Å². The largest absolute Gasteiger partial charge is 0.497 e. The molecule has 4 rings (SSSR count). The highest BCUT2D eigenvalue weighted by Gasteiger charge is 2.60. The molecule has 9 heteroatoms. The van der Waals surface area contributed by atoms with E-state index in [2.05, 4.69) is 0 Å². The standard InChI is InChI=1S/C26H21Cl2F2NO4/c1-34-18-7-3-15(4-8-18)14-31-23(32)13-26(25(33)35-2,20-12-17(30)6-10-22(20)28)24(31)19-11-16(29)5-9-21(19)27/h3-12,24H,13-14H2,1-2H3. The lowest BCUT2D eigenvalue weighted by atomic mass is 9.71. The molecule has 3 aromatic carbocycles. The number of amides is 1. The van der Waals surface area contributed by atoms with Gasteiger partial charge in [0.15, 0.2) is 0 Å². The molecule has 0 spiro atoms. The highest BCUT2D eigenvalue weighted by Crippen LogP contribution is 2.54. The smallest absolute Gasteiger partial charge is 0.319 e. The van der Waals surface area contributed by atoms with Crippen molar-refractivity contribution >= 4 is 35.1 Å². The van der Waals surface area contributed by atoms with E-state index in [1.54, 1.807) is 24.3 Å². The van der Waals surface area contributed by atoms with Crippen molar-refractivity contribution < 1.29 is 27.8 Å². The predicted molar refractivity (Wildman–Crippen MR) is 127 cm³/mol. The van der Waals surface area contributed by atoms with Crippen molar-refractivity contribution in [3.8, 4) is 5.75 Å². The summed E-state index contributed by atoms with van der Waals surface area (Å²) in [5.74, 6) is -1.89. The highest BCUT2D eigenvalue weighted by molar-refractivity contribution is 6.32. The van der Waals surface area contributed by atoms with Gasteiger partial charge in [0.2, 0.25) is 5.91 Å². The summed E-state index contributed by atoms with van der Waals surface area (Å²) >= 11 is 12.9. The quantitative estimate of drug-likeness (QED) is 0.382. The molecule has 1 fully saturated rings. The lowest BCUT2D eigenvalue weighted by Crippen LogP contribution is -2.43. The summed E-state index contributed by atoms with van der Waals surface area (Å²) in [5, 5.41) is 0.194. The van der Waals surface area contributed by atoms with Gasteiger partial charge in [-0.3, -0.25) is 9.59 Å². The third-order valence-corrected chi connectivity index (χ3v) is 6.93. The van der Waals surface area contributed by atoms with E-state index in [1.165, 1.54) is 30.2 Å². The van der Waals surface area contributed by atoms with Crippen LogP contribution < -0.4 is 4.74 Å². The number of hydrogen-bond acceptors (Lipinski definition) is 4. The van der Waals surface area contributed by atoms with Gasteiger partial charge in [0.1, 0.15) is 22.8 Å². The van der Waals surface area contributed by atoms with Crippen LogP contribution in [0.25, 0.3) is 0 Å². The third-order valence-electron chi connectivity index (χ3n) is 6.25. The van der Waals surface area contributed by atoms with Crippen molar-refractivity contribution in [1.29, 1.82) is 0 Å². The van der Waals surface area contributed by atoms with E-state index in [1.807, 2.05) is 0 Å². The van der Waals surface area contributed by atoms with Crippen LogP contribution in [0.4, 0.5) is 8.78 Å². The van der Waals surface area contributed by atoms with Gasteiger partial charge in [0.05, 0.1) is 20.3 Å². The summed E-state index contributed by atoms with van der Waals surface area (Å²) in [4.78, 5) is 28.4. The maximum atomic E-state index is 14.4. The number of benzene rings is 3. The van der Waals surface area contributed by atoms with Crippen LogP contribution in [-0.4, -0.2) is 31.0 Å². The second-order valence-electron chi connectivity index (χ2n) is 8.20. The SMILES string of the molecule is COC(=O)C1(c2cc(F)ccc2Cl)CC(=O)N(Cc2ccc(OC)cc2)C1c1cc(F)ccc1Cl. The zero-order chi connectivity index (χ0) is 25.3. The molecular weight excluding hydrogens is 499 g/mol. The Morgan fingerprint density at radius 3 is 2.26 bits per heavy atom. The number of methoxy groups -OCH3 is 2. The summed E-state index contributed by atoms with van der Waals surface area (Å²) in [5.41, 5.74) is -0.823. The predicted octanol–water partition coefficient (Wildman–Crippen LogP) is 5.86. The maximum absolute atomic E-state index is 14.4. The first-order valence-electron chi connectivity index (χ1n) is 10.6. The Kier molecular flexibility index (Phi) is 7.01. The van der Waals surface area contributed by atoms with Crippen molar-refractivity contribution in [2.75, 3.05) is 14.2 Å². The molecule has 0 saturated carbocycles. The molecule has 5 nitrogen and oxygen atoms in total. The number of halogens is 4. The minimum absolute atomic E-state index is 0.0573. The van der Waals surface area contributed by atoms with Crippen LogP contribution in [0.2, 0.25) is 10.0 Å². The summed E-state index contributed by atoms with van der Waals surface area (Å²) in [6, 6.07) is 13.1. The first-order chi connectivity index (χ1) is 16.7. The summed E-state index contributed by atoms with van der Waals surface area (Å²) in [6.45, 7) is 0.0615. The number of carbonyl (C=O) groups is 2. The van der Waals surface area contributed by atoms with Gasteiger partial charge >= 0.3 is 5.97 Å². The van der Waals surface area contributed by atoms with Gasteiger partial charge in [0.25, 0.3) is 0 Å². The lowest BCUT2D eigenvalue weighted by molar-refractivity contribution is -0.149. The number of hydrogen-bond donors (Lipinski definition) is 0. The molecule has 0 N–H and O–H groups in total. The molecular formula is C26H21Cl2F2NO4. The number of likely N-dealkylation sites (tertiary alicyclic amines) is 1. The molecule has 1 saturated heterocycles. The fourth-order valence-corrected chi connectivity index (χ4v) is 5.18. The number of rotatable bonds is 6. The van der Waals surface area contributed by atoms with Gasteiger partial charge in [-0.05, 0) is 65.2 Å². The van der Waals surface area contributed by atoms with E-state index in [0.717, 1.165) is 30.9 Å². The molecule has 35 heavy (non-hydrogen) atoms. The fraction of sp³-hybridized carbons (Fsp3) is 0.231. The van der Waals surface area contributed by atoms with E-state index in [9.17, 15) is 18.4 Å². The molecule has 0 radical (unpaired) electrons. The molecule has 0 bridgehead atoms. The maximum Gasteiger partial charge on any atom is 0.319 e. The Hall–Kier alpha value is -3.16. The van der Waals surface area contributed by atoms with Gasteiger partial charge in [-0.25, -0.2) is 8.78 Å². The van der Waals surface area contributed by atoms with Gasteiger partial charge in [-0.15, -0.1) is 0 Å². The normalized spacial score (nSPS) is 19.7. The molecule has 1 aliphatic rings. The molecule has 2 atom stereocenters. The Morgan fingerprint density at radius 2 is 1.63 bits per heavy atom. The van der Waals surface area contributed by atoms with Crippen molar-refractivity contribution in [3.63, 3.8) is 0 Å². The number of carbonyl (C=O) groups excluding carboxylic acids is 2. The van der Waals surface area contributed by atoms with Crippen LogP contribution in [0.15, 0.2) is 60.7 Å². The third kappa shape index (κ3) is 4.46. The summed E-state index contributed by atoms with van der Waals surface area (Å²) in [6.07, 6.45) is -0.378. The molecule has 0 aliphatic carbocycles. The lowest BCUT2D eigenvalue weighted by Gasteiger charge is -2.37. The zero-order valence-corrected chi connectivity index (χ0v) is 20.4. The monoisotopic (exact) mass is 519 g/mol. The van der Waals surface area contributed by atoms with Gasteiger partial charge in [-0.2, -0.15) is 0 Å². The fourth-order valence-electron chi connectivity index (χ4n) is 4.67. The van der Waals surface area contributed by atoms with Crippen LogP contribution in [0, 0.1) is 11.6 Å². The van der Waals surface area contributed by atoms with E-state index in [4.69, 9.17) is 32.7 Å². The zero-order valence-electron chi connectivity index (χ0n) is 18.9. The minimum Gasteiger partial charge on any atom is -0.497 e. The van der Waals surface area contributed by atoms with Crippen molar-refractivity contribution in [2.24, 2.45) is 0 Å². The Bertz CT molecular complexity index is 1280. The Balaban J connectivity index is 1.97. The summed E-state index contributed by atoms with van der Waals surface area (Å²) in [7, 11) is 2.70. The molecule has 3 aromatic rings. The average Bonchev–Trinajstić information content (AvgIpc) is 3.14. The van der Waals surface area contributed by atoms with Crippen molar-refractivity contribution in [2.45, 2.75) is 24.4 Å². The van der Waals surface area contributed by atoms with Crippen molar-refractivity contribution in [3.05, 3.63) is 99.0 Å². The molecule has 1 heterocycles. The molecule has 0 aromatic heterocycles. The number of ether oxygens (including phenoxy) is 2. The number of esters is 1. The van der Waals surface area contributed by atoms with Gasteiger partial charge in [-0.1, -0.05) is 35.3 Å². The summed E-state index contributed by atoms with van der Waals surface area (Å²) < 4.78 is 39.2. The highest BCUT2D eigenvalue weighted by atomic mass is 35.5. The average molecular weight is 520 g/mol. The van der Waals surface area contributed by atoms with E-state index < -0.39 is 35.0 Å². The second kappa shape index (κ2) is 9.84. The van der Waals surface area contributed by atoms with E-state index in [-0.39, 0.29) is 34.1 Å². The van der Waals surface area contributed by atoms with Gasteiger partial charge < -0.3 is 14.4 Å². The van der Waals surface area contributed by atoms with Crippen LogP contribution in [0.5, 0.6) is 5.75 Å². The topological polar surface area (TPSA) is 55.8 Å². The van der Waals surface area contributed by atoms with Crippen molar-refractivity contribution in [1.82, 2.24) is 4.90 Å². The van der Waals surface area contributed by atoms with Crippen LogP contribution in [-0.2, 0) is 26.3 Å². The molecule has 182 valence electrons. The van der Waals surface area contributed by atoms with Crippen LogP contribution >= 0.6 is 23.2 Å². The number of nitrogens with zero attached hydrogens (tertiary/aromatic N) is 1. The first-order valence-corrected chi connectivity index (χ1v) is 11.4. The molecule has 1 amide bonds. The van der Waals surface area contributed by atoms with Gasteiger partial charge in [0, 0.05) is 23.0 Å². The Morgan fingerprint density at radius 1 is 1.00 bits per heavy atom. The van der Waals surface area contributed by atoms with E-state index in [0.29, 0.717) is 5.75 Å². The second-order valence-corrected chi connectivity index (χ2v) is 9.02. The van der Waals surface area contributed by atoms with Crippen LogP contribution in [0.3, 0.4) is 0 Å². The Labute approximate surface area is 211 Å². The molecule has 2 unspecified atom stereocenters. The van der Waals surface area contributed by atoms with Crippen LogP contribution in [0.1, 0.15) is 29.2 Å². The minimum atomic E-state index is -1.78. The first kappa shape index (κ1) is 24.9.